The molecule has 0 unspecified atom stereocenters. The molecule has 0 fully saturated rings. The Labute approximate surface area is 71.4 Å². The van der Waals surface area contributed by atoms with Gasteiger partial charge in [-0.05, 0) is 6.92 Å². The highest BCUT2D eigenvalue weighted by Crippen LogP contribution is 2.04. The van der Waals surface area contributed by atoms with Gasteiger partial charge in [0.2, 0.25) is 0 Å². The van der Waals surface area contributed by atoms with Crippen LogP contribution < -0.4 is 5.73 Å². The van der Waals surface area contributed by atoms with Gasteiger partial charge in [-0.2, -0.15) is 0 Å². The maximum atomic E-state index is 5.67. The monoisotopic (exact) mass is 164 g/mol. The van der Waals surface area contributed by atoms with Gasteiger partial charge < -0.3 is 10.3 Å². The van der Waals surface area contributed by atoms with Crippen molar-refractivity contribution in [2.45, 2.75) is 6.92 Å². The summed E-state index contributed by atoms with van der Waals surface area (Å²) < 4.78 is 1.75. The van der Waals surface area contributed by atoms with E-state index in [2.05, 4.69) is 9.98 Å². The van der Waals surface area contributed by atoms with Crippen molar-refractivity contribution in [3.8, 4) is 0 Å². The Kier molecular flexibility index (Phi) is 2.63. The van der Waals surface area contributed by atoms with E-state index in [0.717, 1.165) is 0 Å². The molecule has 0 bridgehead atoms. The summed E-state index contributed by atoms with van der Waals surface area (Å²) in [4.78, 5) is 8.01. The minimum atomic E-state index is 0.628. The maximum absolute atomic E-state index is 5.67. The molecule has 1 heterocycles. The molecule has 0 spiro atoms. The lowest BCUT2D eigenvalue weighted by atomic mass is 10.5. The van der Waals surface area contributed by atoms with Crippen molar-refractivity contribution < 1.29 is 0 Å². The Balaban J connectivity index is 2.82. The van der Waals surface area contributed by atoms with Gasteiger partial charge in [-0.3, -0.25) is 4.99 Å². The molecule has 4 nitrogen and oxygen atoms in total. The Morgan fingerprint density at radius 2 is 2.42 bits per heavy atom. The molecule has 64 valence electrons. The number of allylic oxidation sites excluding steroid dienone is 1. The third-order valence-electron chi connectivity index (χ3n) is 1.44. The predicted octanol–water partition coefficient (Wildman–Crippen LogP) is 0.955. The number of aromatic nitrogens is 2. The standard InChI is InChI=1S/C8H12N4/c1-3-4-10-5-7-8(9)12(2)6-11-7/h3-6H,9H2,1-2H3/b4-3-,10-5?. The lowest BCUT2D eigenvalue weighted by molar-refractivity contribution is 0.925. The molecule has 0 aliphatic heterocycles. The van der Waals surface area contributed by atoms with E-state index in [1.165, 1.54) is 0 Å². The van der Waals surface area contributed by atoms with Gasteiger partial charge in [0, 0.05) is 13.2 Å². The first-order valence-corrected chi connectivity index (χ1v) is 3.67. The van der Waals surface area contributed by atoms with E-state index in [4.69, 9.17) is 5.73 Å². The highest BCUT2D eigenvalue weighted by Gasteiger charge is 1.99. The molecule has 12 heavy (non-hydrogen) atoms. The molecular formula is C8H12N4. The second kappa shape index (κ2) is 3.71. The fraction of sp³-hybridized carbons (Fsp3) is 0.250. The lowest BCUT2D eigenvalue weighted by Crippen LogP contribution is -1.97. The van der Waals surface area contributed by atoms with Crippen LogP contribution in [0, 0.1) is 0 Å². The van der Waals surface area contributed by atoms with Crippen molar-refractivity contribution in [3.63, 3.8) is 0 Å². The Bertz CT molecular complexity index is 309. The minimum Gasteiger partial charge on any atom is -0.383 e. The summed E-state index contributed by atoms with van der Waals surface area (Å²) in [5, 5.41) is 0. The highest BCUT2D eigenvalue weighted by molar-refractivity contribution is 5.83. The van der Waals surface area contributed by atoms with Crippen molar-refractivity contribution in [3.05, 3.63) is 24.3 Å². The molecule has 0 aromatic carbocycles. The summed E-state index contributed by atoms with van der Waals surface area (Å²) in [6, 6.07) is 0. The molecule has 0 aliphatic carbocycles. The van der Waals surface area contributed by atoms with Crippen molar-refractivity contribution in [2.75, 3.05) is 5.73 Å². The Morgan fingerprint density at radius 1 is 1.67 bits per heavy atom. The van der Waals surface area contributed by atoms with Gasteiger partial charge in [-0.15, -0.1) is 0 Å². The van der Waals surface area contributed by atoms with Gasteiger partial charge in [0.15, 0.2) is 0 Å². The summed E-state index contributed by atoms with van der Waals surface area (Å²) in [7, 11) is 1.84. The average molecular weight is 164 g/mol. The minimum absolute atomic E-state index is 0.628. The summed E-state index contributed by atoms with van der Waals surface area (Å²) in [5.74, 6) is 0.628. The number of aryl methyl sites for hydroxylation is 1. The summed E-state index contributed by atoms with van der Waals surface area (Å²) in [6.07, 6.45) is 6.82. The molecule has 0 amide bonds. The van der Waals surface area contributed by atoms with Crippen LogP contribution in [-0.4, -0.2) is 15.8 Å². The Hall–Kier alpha value is -1.58. The van der Waals surface area contributed by atoms with E-state index >= 15 is 0 Å². The number of anilines is 1. The van der Waals surface area contributed by atoms with E-state index in [1.54, 1.807) is 23.3 Å². The average Bonchev–Trinajstić information content (AvgIpc) is 2.36. The number of rotatable bonds is 2. The van der Waals surface area contributed by atoms with Gasteiger partial charge in [0.25, 0.3) is 0 Å². The molecule has 0 saturated heterocycles. The van der Waals surface area contributed by atoms with Crippen LogP contribution >= 0.6 is 0 Å². The number of nitrogens with two attached hydrogens (primary N) is 1. The van der Waals surface area contributed by atoms with Gasteiger partial charge >= 0.3 is 0 Å². The number of imidazole rings is 1. The fourth-order valence-corrected chi connectivity index (χ4v) is 0.757. The molecule has 0 atom stereocenters. The number of hydrogen-bond acceptors (Lipinski definition) is 3. The lowest BCUT2D eigenvalue weighted by Gasteiger charge is -1.92. The van der Waals surface area contributed by atoms with Crippen molar-refractivity contribution in [2.24, 2.45) is 12.0 Å². The summed E-state index contributed by atoms with van der Waals surface area (Å²) in [5.41, 5.74) is 6.37. The Morgan fingerprint density at radius 3 is 2.92 bits per heavy atom. The molecule has 2 N–H and O–H groups in total. The largest absolute Gasteiger partial charge is 0.383 e. The second-order valence-corrected chi connectivity index (χ2v) is 2.39. The molecule has 4 heteroatoms. The predicted molar refractivity (Wildman–Crippen MR) is 50.0 cm³/mol. The molecule has 0 aliphatic rings. The number of nitrogen functional groups attached to an aromatic ring is 1. The van der Waals surface area contributed by atoms with Crippen molar-refractivity contribution >= 4 is 12.0 Å². The number of aliphatic imine (C=N–C) groups is 1. The van der Waals surface area contributed by atoms with Crippen molar-refractivity contribution in [1.29, 1.82) is 0 Å². The third kappa shape index (κ3) is 1.72. The molecule has 0 saturated carbocycles. The van der Waals surface area contributed by atoms with Gasteiger partial charge in [0.05, 0.1) is 12.5 Å². The van der Waals surface area contributed by atoms with Crippen LogP contribution in [0.2, 0.25) is 0 Å². The van der Waals surface area contributed by atoms with E-state index in [1.807, 2.05) is 20.0 Å². The molecular weight excluding hydrogens is 152 g/mol. The van der Waals surface area contributed by atoms with E-state index in [-0.39, 0.29) is 0 Å². The van der Waals surface area contributed by atoms with Gasteiger partial charge in [-0.1, -0.05) is 6.08 Å². The fourth-order valence-electron chi connectivity index (χ4n) is 0.757. The van der Waals surface area contributed by atoms with Gasteiger partial charge in [0.1, 0.15) is 11.5 Å². The highest BCUT2D eigenvalue weighted by atomic mass is 15.1. The first-order chi connectivity index (χ1) is 5.75. The first kappa shape index (κ1) is 8.52. The SMILES string of the molecule is C/C=C\N=Cc1ncn(C)c1N. The van der Waals surface area contributed by atoms with E-state index in [0.29, 0.717) is 11.5 Å². The topological polar surface area (TPSA) is 56.2 Å². The summed E-state index contributed by atoms with van der Waals surface area (Å²) >= 11 is 0. The normalized spacial score (nSPS) is 11.8. The smallest absolute Gasteiger partial charge is 0.132 e. The van der Waals surface area contributed by atoms with Crippen LogP contribution in [0.5, 0.6) is 0 Å². The zero-order valence-electron chi connectivity index (χ0n) is 7.23. The molecule has 1 aromatic heterocycles. The van der Waals surface area contributed by atoms with Crippen molar-refractivity contribution in [1.82, 2.24) is 9.55 Å². The summed E-state index contributed by atoms with van der Waals surface area (Å²) in [6.45, 7) is 1.90. The molecule has 1 aromatic rings. The van der Waals surface area contributed by atoms with E-state index < -0.39 is 0 Å². The third-order valence-corrected chi connectivity index (χ3v) is 1.44. The zero-order valence-corrected chi connectivity index (χ0v) is 7.23. The second-order valence-electron chi connectivity index (χ2n) is 2.39. The molecule has 1 rings (SSSR count). The van der Waals surface area contributed by atoms with E-state index in [9.17, 15) is 0 Å². The van der Waals surface area contributed by atoms with Crippen LogP contribution in [0.15, 0.2) is 23.6 Å². The first-order valence-electron chi connectivity index (χ1n) is 3.67. The number of nitrogens with zero attached hydrogens (tertiary/aromatic N) is 3. The zero-order chi connectivity index (χ0) is 8.97. The maximum Gasteiger partial charge on any atom is 0.132 e. The van der Waals surface area contributed by atoms with Crippen LogP contribution in [0.3, 0.4) is 0 Å². The quantitative estimate of drug-likeness (QED) is 0.662. The molecule has 0 radical (unpaired) electrons. The van der Waals surface area contributed by atoms with Crippen LogP contribution in [0.1, 0.15) is 12.6 Å². The van der Waals surface area contributed by atoms with Crippen LogP contribution in [0.4, 0.5) is 5.82 Å². The van der Waals surface area contributed by atoms with Crippen LogP contribution in [0.25, 0.3) is 0 Å². The van der Waals surface area contributed by atoms with Gasteiger partial charge in [-0.25, -0.2) is 4.98 Å². The van der Waals surface area contributed by atoms with Crippen LogP contribution in [-0.2, 0) is 7.05 Å². The number of hydrogen-bond donors (Lipinski definition) is 1.